The summed E-state index contributed by atoms with van der Waals surface area (Å²) >= 11 is 6.49. The quantitative estimate of drug-likeness (QED) is 0.239. The van der Waals surface area contributed by atoms with Gasteiger partial charge in [0, 0.05) is 41.2 Å². The van der Waals surface area contributed by atoms with Gasteiger partial charge in [0.1, 0.15) is 5.75 Å². The second-order valence-corrected chi connectivity index (χ2v) is 9.00. The van der Waals surface area contributed by atoms with Crippen LogP contribution in [0.3, 0.4) is 0 Å². The van der Waals surface area contributed by atoms with E-state index in [9.17, 15) is 4.79 Å². The van der Waals surface area contributed by atoms with E-state index in [1.165, 1.54) is 24.4 Å². The highest BCUT2D eigenvalue weighted by Gasteiger charge is 2.17. The predicted molar refractivity (Wildman–Crippen MR) is 150 cm³/mol. The number of nitrogens with zero attached hydrogens (tertiary/aromatic N) is 4. The van der Waals surface area contributed by atoms with E-state index in [0.29, 0.717) is 51.2 Å². The zero-order valence-electron chi connectivity index (χ0n) is 21.4. The number of methoxy groups -OCH3 is 2. The summed E-state index contributed by atoms with van der Waals surface area (Å²) in [4.78, 5) is 26.5. The average molecular weight is 541 g/mol. The fourth-order valence-electron chi connectivity index (χ4n) is 4.16. The van der Waals surface area contributed by atoms with Gasteiger partial charge >= 0.3 is 6.01 Å². The molecule has 2 aromatic carbocycles. The molecule has 8 nitrogen and oxygen atoms in total. The van der Waals surface area contributed by atoms with Crippen LogP contribution in [0.25, 0.3) is 27.9 Å². The molecule has 0 aliphatic carbocycles. The number of rotatable bonds is 9. The average Bonchev–Trinajstić information content (AvgIpc) is 2.97. The van der Waals surface area contributed by atoms with Gasteiger partial charge in [-0.2, -0.15) is 4.98 Å². The molecule has 9 heteroatoms. The minimum atomic E-state index is -0.252. The van der Waals surface area contributed by atoms with E-state index >= 15 is 0 Å². The summed E-state index contributed by atoms with van der Waals surface area (Å²) in [5, 5.41) is 0.449. The van der Waals surface area contributed by atoms with Crippen molar-refractivity contribution in [2.24, 2.45) is 0 Å². The molecule has 0 atom stereocenters. The Morgan fingerprint density at radius 1 is 0.897 bits per heavy atom. The third-order valence-corrected chi connectivity index (χ3v) is 6.26. The van der Waals surface area contributed by atoms with E-state index in [2.05, 4.69) is 27.1 Å². The molecule has 0 bridgehead atoms. The Kier molecular flexibility index (Phi) is 7.84. The highest BCUT2D eigenvalue weighted by atomic mass is 35.5. The van der Waals surface area contributed by atoms with Gasteiger partial charge in [0.05, 0.1) is 38.3 Å². The molecule has 0 radical (unpaired) electrons. The van der Waals surface area contributed by atoms with E-state index in [-0.39, 0.29) is 11.6 Å². The van der Waals surface area contributed by atoms with Crippen molar-refractivity contribution in [2.45, 2.75) is 6.42 Å². The molecule has 39 heavy (non-hydrogen) atoms. The van der Waals surface area contributed by atoms with Crippen molar-refractivity contribution < 1.29 is 14.2 Å². The van der Waals surface area contributed by atoms with Crippen molar-refractivity contribution in [3.8, 4) is 45.6 Å². The molecule has 3 heterocycles. The standard InChI is InChI=1S/C30H25ClN4O4/c1-37-28-27(18-33-30(34-28)38-2)22-15-26(29(36)35(19-22)24-9-6-11-32-17-24)21-13-23(31)16-25(14-21)39-12-10-20-7-4-3-5-8-20/h3-9,11,13-19H,10,12H2,1-2H3. The smallest absolute Gasteiger partial charge is 0.319 e. The summed E-state index contributed by atoms with van der Waals surface area (Å²) in [6, 6.07) is 20.9. The Morgan fingerprint density at radius 3 is 2.49 bits per heavy atom. The lowest BCUT2D eigenvalue weighted by molar-refractivity contribution is 0.322. The molecule has 0 aliphatic rings. The van der Waals surface area contributed by atoms with Gasteiger partial charge in [-0.1, -0.05) is 41.9 Å². The molecule has 0 amide bonds. The van der Waals surface area contributed by atoms with Crippen LogP contribution < -0.4 is 19.8 Å². The van der Waals surface area contributed by atoms with Gasteiger partial charge in [0.25, 0.3) is 5.56 Å². The molecule has 0 spiro atoms. The summed E-state index contributed by atoms with van der Waals surface area (Å²) in [6.07, 6.45) is 7.31. The summed E-state index contributed by atoms with van der Waals surface area (Å²) < 4.78 is 18.2. The third kappa shape index (κ3) is 5.91. The molecule has 0 N–H and O–H groups in total. The van der Waals surface area contributed by atoms with Gasteiger partial charge < -0.3 is 14.2 Å². The van der Waals surface area contributed by atoms with Gasteiger partial charge in [-0.25, -0.2) is 4.98 Å². The zero-order chi connectivity index (χ0) is 27.2. The van der Waals surface area contributed by atoms with Gasteiger partial charge in [-0.15, -0.1) is 0 Å². The fraction of sp³-hybridized carbons (Fsp3) is 0.133. The summed E-state index contributed by atoms with van der Waals surface area (Å²) in [5.74, 6) is 0.872. The Bertz CT molecular complexity index is 1640. The first kappa shape index (κ1) is 25.9. The van der Waals surface area contributed by atoms with Crippen molar-refractivity contribution in [2.75, 3.05) is 20.8 Å². The number of ether oxygens (including phenoxy) is 3. The third-order valence-electron chi connectivity index (χ3n) is 6.04. The summed E-state index contributed by atoms with van der Waals surface area (Å²) in [6.45, 7) is 0.462. The lowest BCUT2D eigenvalue weighted by Crippen LogP contribution is -2.20. The van der Waals surface area contributed by atoms with E-state index in [1.807, 2.05) is 24.3 Å². The van der Waals surface area contributed by atoms with Crippen LogP contribution in [0.15, 0.2) is 96.3 Å². The monoisotopic (exact) mass is 540 g/mol. The fourth-order valence-corrected chi connectivity index (χ4v) is 4.39. The predicted octanol–water partition coefficient (Wildman–Crippen LogP) is 5.65. The van der Waals surface area contributed by atoms with Crippen LogP contribution in [0.1, 0.15) is 5.56 Å². The van der Waals surface area contributed by atoms with Crippen LogP contribution in [0.2, 0.25) is 5.02 Å². The first-order valence-electron chi connectivity index (χ1n) is 12.2. The Labute approximate surface area is 230 Å². The maximum Gasteiger partial charge on any atom is 0.319 e. The molecule has 0 unspecified atom stereocenters. The maximum atomic E-state index is 13.8. The lowest BCUT2D eigenvalue weighted by atomic mass is 10.0. The molecule has 196 valence electrons. The second kappa shape index (κ2) is 11.8. The number of aromatic nitrogens is 4. The molecular formula is C30H25ClN4O4. The van der Waals surface area contributed by atoms with Crippen LogP contribution in [0.4, 0.5) is 0 Å². The normalized spacial score (nSPS) is 10.7. The van der Waals surface area contributed by atoms with Crippen molar-refractivity contribution in [3.05, 3.63) is 112 Å². The number of hydrogen-bond acceptors (Lipinski definition) is 7. The molecular weight excluding hydrogens is 516 g/mol. The first-order chi connectivity index (χ1) is 19.1. The molecule has 0 aliphatic heterocycles. The van der Waals surface area contributed by atoms with Crippen LogP contribution in [0.5, 0.6) is 17.6 Å². The van der Waals surface area contributed by atoms with Crippen LogP contribution in [-0.2, 0) is 6.42 Å². The van der Waals surface area contributed by atoms with E-state index < -0.39 is 0 Å². The van der Waals surface area contributed by atoms with Crippen molar-refractivity contribution in [3.63, 3.8) is 0 Å². The second-order valence-electron chi connectivity index (χ2n) is 8.57. The number of pyridine rings is 2. The van der Waals surface area contributed by atoms with E-state index in [1.54, 1.807) is 55.1 Å². The minimum Gasteiger partial charge on any atom is -0.493 e. The van der Waals surface area contributed by atoms with Gasteiger partial charge in [0.15, 0.2) is 0 Å². The summed E-state index contributed by atoms with van der Waals surface area (Å²) in [5.41, 5.74) is 3.76. The zero-order valence-corrected chi connectivity index (χ0v) is 22.1. The topological polar surface area (TPSA) is 88.4 Å². The SMILES string of the molecule is COc1ncc(-c2cc(-c3cc(Cl)cc(OCCc4ccccc4)c3)c(=O)n(-c3cccnc3)c2)c(OC)n1. The maximum absolute atomic E-state index is 13.8. The Morgan fingerprint density at radius 2 is 1.74 bits per heavy atom. The van der Waals surface area contributed by atoms with Crippen molar-refractivity contribution >= 4 is 11.6 Å². The highest BCUT2D eigenvalue weighted by Crippen LogP contribution is 2.33. The van der Waals surface area contributed by atoms with Gasteiger partial charge in [-0.3, -0.25) is 14.3 Å². The number of halogens is 1. The highest BCUT2D eigenvalue weighted by molar-refractivity contribution is 6.31. The van der Waals surface area contributed by atoms with Gasteiger partial charge in [-0.05, 0) is 47.5 Å². The Balaban J connectivity index is 1.59. The van der Waals surface area contributed by atoms with Crippen LogP contribution >= 0.6 is 11.6 Å². The number of hydrogen-bond donors (Lipinski definition) is 0. The molecule has 5 rings (SSSR count). The van der Waals surface area contributed by atoms with E-state index in [4.69, 9.17) is 25.8 Å². The molecule has 0 saturated heterocycles. The largest absolute Gasteiger partial charge is 0.493 e. The van der Waals surface area contributed by atoms with Gasteiger partial charge in [0.2, 0.25) is 5.88 Å². The molecule has 3 aromatic heterocycles. The first-order valence-corrected chi connectivity index (χ1v) is 12.5. The summed E-state index contributed by atoms with van der Waals surface area (Å²) in [7, 11) is 2.99. The van der Waals surface area contributed by atoms with Crippen LogP contribution in [-0.4, -0.2) is 40.3 Å². The minimum absolute atomic E-state index is 0.170. The van der Waals surface area contributed by atoms with Crippen molar-refractivity contribution in [1.82, 2.24) is 19.5 Å². The van der Waals surface area contributed by atoms with Crippen LogP contribution in [0, 0.1) is 0 Å². The van der Waals surface area contributed by atoms with Crippen molar-refractivity contribution in [1.29, 1.82) is 0 Å². The number of benzene rings is 2. The van der Waals surface area contributed by atoms with E-state index in [0.717, 1.165) is 6.42 Å². The molecule has 0 fully saturated rings. The lowest BCUT2D eigenvalue weighted by Gasteiger charge is -2.15. The molecule has 5 aromatic rings. The molecule has 0 saturated carbocycles. The Hall–Kier alpha value is -4.69.